The van der Waals surface area contributed by atoms with Gasteiger partial charge in [-0.1, -0.05) is 0 Å². The third-order valence-corrected chi connectivity index (χ3v) is 1.78. The molecule has 1 aliphatic rings. The average molecular weight is 144 g/mol. The Kier molecular flexibility index (Phi) is 2.65. The van der Waals surface area contributed by atoms with Crippen LogP contribution in [0.5, 0.6) is 0 Å². The lowest BCUT2D eigenvalue weighted by Gasteiger charge is -2.15. The van der Waals surface area contributed by atoms with Crippen molar-refractivity contribution >= 4 is 0 Å². The predicted octanol–water partition coefficient (Wildman–Crippen LogP) is -0.729. The fraction of sp³-hybridized carbons (Fsp3) is 1.00. The number of aliphatic hydroxyl groups excluding tert-OH is 1. The number of nitrogens with one attached hydrogen (secondary N) is 1. The fourth-order valence-corrected chi connectivity index (χ4v) is 1.38. The van der Waals surface area contributed by atoms with Crippen LogP contribution in [0.25, 0.3) is 0 Å². The zero-order valence-corrected chi connectivity index (χ0v) is 6.67. The van der Waals surface area contributed by atoms with Gasteiger partial charge in [0.05, 0.1) is 6.10 Å². The predicted molar refractivity (Wildman–Crippen MR) is 41.0 cm³/mol. The maximum Gasteiger partial charge on any atom is 0.0680 e. The van der Waals surface area contributed by atoms with Crippen molar-refractivity contribution < 1.29 is 5.11 Å². The minimum Gasteiger partial charge on any atom is -0.392 e. The highest BCUT2D eigenvalue weighted by atomic mass is 16.3. The normalized spacial score (nSPS) is 33.6. The van der Waals surface area contributed by atoms with Gasteiger partial charge in [0, 0.05) is 19.1 Å². The molecule has 10 heavy (non-hydrogen) atoms. The van der Waals surface area contributed by atoms with Crippen LogP contribution in [0.4, 0.5) is 0 Å². The van der Waals surface area contributed by atoms with E-state index >= 15 is 0 Å². The van der Waals surface area contributed by atoms with Crippen LogP contribution in [0.1, 0.15) is 6.42 Å². The Bertz CT molecular complexity index is 106. The SMILES string of the molecule is CN(C)C[C@@H]1C[C@H](O)CN1. The lowest BCUT2D eigenvalue weighted by atomic mass is 10.2. The lowest BCUT2D eigenvalue weighted by molar-refractivity contribution is 0.191. The van der Waals surface area contributed by atoms with Crippen LogP contribution < -0.4 is 5.32 Å². The zero-order chi connectivity index (χ0) is 7.56. The Morgan fingerprint density at radius 2 is 2.30 bits per heavy atom. The molecule has 0 aromatic rings. The minimum absolute atomic E-state index is 0.120. The number of aliphatic hydroxyl groups is 1. The van der Waals surface area contributed by atoms with Crippen molar-refractivity contribution in [3.8, 4) is 0 Å². The van der Waals surface area contributed by atoms with E-state index in [1.165, 1.54) is 0 Å². The molecule has 1 heterocycles. The van der Waals surface area contributed by atoms with Gasteiger partial charge in [0.15, 0.2) is 0 Å². The van der Waals surface area contributed by atoms with Gasteiger partial charge in [0.25, 0.3) is 0 Å². The molecule has 1 fully saturated rings. The van der Waals surface area contributed by atoms with Gasteiger partial charge in [0.1, 0.15) is 0 Å². The Morgan fingerprint density at radius 3 is 2.70 bits per heavy atom. The molecule has 60 valence electrons. The molecule has 0 saturated carbocycles. The molecule has 2 N–H and O–H groups in total. The molecular weight excluding hydrogens is 128 g/mol. The molecule has 1 aliphatic heterocycles. The van der Waals surface area contributed by atoms with E-state index in [1.807, 2.05) is 14.1 Å². The summed E-state index contributed by atoms with van der Waals surface area (Å²) in [6.07, 6.45) is 0.781. The van der Waals surface area contributed by atoms with E-state index in [0.29, 0.717) is 6.04 Å². The van der Waals surface area contributed by atoms with Gasteiger partial charge >= 0.3 is 0 Å². The first-order chi connectivity index (χ1) is 4.68. The number of β-amino-alcohol motifs (C(OH)–C–C–N with tert-alkyl or cyclic N) is 1. The van der Waals surface area contributed by atoms with Crippen LogP contribution in [0.3, 0.4) is 0 Å². The number of hydrogen-bond acceptors (Lipinski definition) is 3. The molecule has 3 heteroatoms. The van der Waals surface area contributed by atoms with Gasteiger partial charge < -0.3 is 15.3 Å². The van der Waals surface area contributed by atoms with Gasteiger partial charge in [-0.3, -0.25) is 0 Å². The van der Waals surface area contributed by atoms with E-state index in [1.54, 1.807) is 0 Å². The Balaban J connectivity index is 2.18. The Hall–Kier alpha value is -0.120. The van der Waals surface area contributed by atoms with Crippen LogP contribution in [0.2, 0.25) is 0 Å². The summed E-state index contributed by atoms with van der Waals surface area (Å²) in [5.41, 5.74) is 0. The second-order valence-electron chi connectivity index (χ2n) is 3.26. The van der Waals surface area contributed by atoms with Crippen LogP contribution in [0.15, 0.2) is 0 Å². The maximum atomic E-state index is 9.13. The summed E-state index contributed by atoms with van der Waals surface area (Å²) in [7, 11) is 4.10. The summed E-state index contributed by atoms with van der Waals surface area (Å²) in [5.74, 6) is 0. The molecule has 1 saturated heterocycles. The molecule has 0 bridgehead atoms. The molecule has 1 rings (SSSR count). The minimum atomic E-state index is -0.120. The highest BCUT2D eigenvalue weighted by molar-refractivity contribution is 4.82. The standard InChI is InChI=1S/C7H16N2O/c1-9(2)5-6-3-7(10)4-8-6/h6-8,10H,3-5H2,1-2H3/t6-,7-/m0/s1. The van der Waals surface area contributed by atoms with Crippen LogP contribution >= 0.6 is 0 Å². The molecule has 0 aliphatic carbocycles. The number of hydrogen-bond donors (Lipinski definition) is 2. The smallest absolute Gasteiger partial charge is 0.0680 e. The molecule has 0 radical (unpaired) electrons. The number of rotatable bonds is 2. The largest absolute Gasteiger partial charge is 0.392 e. The zero-order valence-electron chi connectivity index (χ0n) is 6.67. The van der Waals surface area contributed by atoms with Crippen molar-refractivity contribution in [3.63, 3.8) is 0 Å². The summed E-state index contributed by atoms with van der Waals surface area (Å²) < 4.78 is 0. The van der Waals surface area contributed by atoms with Crippen molar-refractivity contribution in [2.75, 3.05) is 27.2 Å². The molecule has 2 atom stereocenters. The van der Waals surface area contributed by atoms with Crippen molar-refractivity contribution in [3.05, 3.63) is 0 Å². The fourth-order valence-electron chi connectivity index (χ4n) is 1.38. The maximum absolute atomic E-state index is 9.13. The number of likely N-dealkylation sites (N-methyl/N-ethyl adjacent to an activating group) is 1. The van der Waals surface area contributed by atoms with Crippen LogP contribution in [-0.2, 0) is 0 Å². The van der Waals surface area contributed by atoms with Gasteiger partial charge in [-0.05, 0) is 20.5 Å². The van der Waals surface area contributed by atoms with Gasteiger partial charge in [-0.2, -0.15) is 0 Å². The first-order valence-corrected chi connectivity index (χ1v) is 3.74. The van der Waals surface area contributed by atoms with Gasteiger partial charge in [-0.25, -0.2) is 0 Å². The second-order valence-corrected chi connectivity index (χ2v) is 3.26. The van der Waals surface area contributed by atoms with E-state index in [0.717, 1.165) is 19.5 Å². The lowest BCUT2D eigenvalue weighted by Crippen LogP contribution is -2.33. The topological polar surface area (TPSA) is 35.5 Å². The first-order valence-electron chi connectivity index (χ1n) is 3.74. The van der Waals surface area contributed by atoms with Gasteiger partial charge in [0.2, 0.25) is 0 Å². The molecule has 3 nitrogen and oxygen atoms in total. The monoisotopic (exact) mass is 144 g/mol. The quantitative estimate of drug-likeness (QED) is 0.536. The van der Waals surface area contributed by atoms with E-state index < -0.39 is 0 Å². The van der Waals surface area contributed by atoms with Gasteiger partial charge in [-0.15, -0.1) is 0 Å². The molecule has 0 unspecified atom stereocenters. The summed E-state index contributed by atoms with van der Waals surface area (Å²) in [6.45, 7) is 1.79. The Morgan fingerprint density at radius 1 is 1.60 bits per heavy atom. The molecular formula is C7H16N2O. The summed E-state index contributed by atoms with van der Waals surface area (Å²) in [4.78, 5) is 2.13. The Labute approximate surface area is 62.0 Å². The van der Waals surface area contributed by atoms with Crippen LogP contribution in [0, 0.1) is 0 Å². The highest BCUT2D eigenvalue weighted by Crippen LogP contribution is 2.05. The first kappa shape index (κ1) is 7.98. The van der Waals surface area contributed by atoms with Crippen molar-refractivity contribution in [2.45, 2.75) is 18.6 Å². The molecule has 0 amide bonds. The third-order valence-electron chi connectivity index (χ3n) is 1.78. The van der Waals surface area contributed by atoms with E-state index in [2.05, 4.69) is 10.2 Å². The summed E-state index contributed by atoms with van der Waals surface area (Å²) >= 11 is 0. The summed E-state index contributed by atoms with van der Waals surface area (Å²) in [5, 5.41) is 12.4. The van der Waals surface area contributed by atoms with E-state index in [-0.39, 0.29) is 6.10 Å². The van der Waals surface area contributed by atoms with Crippen molar-refractivity contribution in [1.29, 1.82) is 0 Å². The van der Waals surface area contributed by atoms with Crippen LogP contribution in [-0.4, -0.2) is 49.3 Å². The van der Waals surface area contributed by atoms with Crippen molar-refractivity contribution in [1.82, 2.24) is 10.2 Å². The molecule has 0 aromatic carbocycles. The molecule has 0 aromatic heterocycles. The second kappa shape index (κ2) is 3.32. The third kappa shape index (κ3) is 2.25. The summed E-state index contributed by atoms with van der Waals surface area (Å²) in [6, 6.07) is 0.491. The van der Waals surface area contributed by atoms with E-state index in [4.69, 9.17) is 5.11 Å². The molecule has 0 spiro atoms. The average Bonchev–Trinajstić information content (AvgIpc) is 2.13. The number of nitrogens with zero attached hydrogens (tertiary/aromatic N) is 1. The highest BCUT2D eigenvalue weighted by Gasteiger charge is 2.21. The van der Waals surface area contributed by atoms with Crippen molar-refractivity contribution in [2.24, 2.45) is 0 Å². The van der Waals surface area contributed by atoms with E-state index in [9.17, 15) is 0 Å².